The minimum absolute atomic E-state index is 0.114. The summed E-state index contributed by atoms with van der Waals surface area (Å²) in [7, 11) is 1.68. The van der Waals surface area contributed by atoms with Crippen LogP contribution in [0.15, 0.2) is 70.5 Å². The molecule has 0 bridgehead atoms. The van der Waals surface area contributed by atoms with Crippen LogP contribution in [-0.2, 0) is 16.0 Å². The Bertz CT molecular complexity index is 903. The molecule has 0 saturated heterocycles. The number of methoxy groups -OCH3 is 1. The summed E-state index contributed by atoms with van der Waals surface area (Å²) in [5.41, 5.74) is 1.25. The summed E-state index contributed by atoms with van der Waals surface area (Å²) in [6.07, 6.45) is 2.16. The molecule has 3 aromatic carbocycles. The van der Waals surface area contributed by atoms with Crippen LogP contribution in [0.1, 0.15) is 25.3 Å². The summed E-state index contributed by atoms with van der Waals surface area (Å²) >= 11 is 1.74. The molecule has 27 heavy (non-hydrogen) atoms. The highest BCUT2D eigenvalue weighted by atomic mass is 32.2. The molecule has 0 aliphatic heterocycles. The zero-order valence-electron chi connectivity index (χ0n) is 15.7. The Balaban J connectivity index is 1.68. The van der Waals surface area contributed by atoms with Crippen LogP contribution in [-0.4, -0.2) is 19.7 Å². The van der Waals surface area contributed by atoms with E-state index in [0.717, 1.165) is 18.6 Å². The zero-order valence-corrected chi connectivity index (χ0v) is 16.6. The number of ether oxygens (including phenoxy) is 2. The van der Waals surface area contributed by atoms with Crippen molar-refractivity contribution in [3.8, 4) is 5.75 Å². The van der Waals surface area contributed by atoms with Gasteiger partial charge in [-0.3, -0.25) is 4.79 Å². The maximum atomic E-state index is 11.5. The van der Waals surface area contributed by atoms with E-state index in [9.17, 15) is 4.79 Å². The first-order chi connectivity index (χ1) is 13.2. The highest BCUT2D eigenvalue weighted by molar-refractivity contribution is 7.99. The van der Waals surface area contributed by atoms with Crippen molar-refractivity contribution in [3.63, 3.8) is 0 Å². The van der Waals surface area contributed by atoms with Gasteiger partial charge in [-0.05, 0) is 72.5 Å². The fraction of sp³-hybridized carbons (Fsp3) is 0.261. The quantitative estimate of drug-likeness (QED) is 0.457. The SMILES string of the molecule is CCOC(=O)CCCc1ccc2ccc(Sc3ccc(OC)cc3)cc2c1. The summed E-state index contributed by atoms with van der Waals surface area (Å²) in [4.78, 5) is 13.9. The summed E-state index contributed by atoms with van der Waals surface area (Å²) in [6, 6.07) is 21.1. The number of fused-ring (bicyclic) bond motifs is 1. The summed E-state index contributed by atoms with van der Waals surface area (Å²) < 4.78 is 10.2. The van der Waals surface area contributed by atoms with Crippen LogP contribution >= 0.6 is 11.8 Å². The minimum atomic E-state index is -0.114. The smallest absolute Gasteiger partial charge is 0.305 e. The lowest BCUT2D eigenvalue weighted by Crippen LogP contribution is -2.03. The number of hydrogen-bond acceptors (Lipinski definition) is 4. The first-order valence-electron chi connectivity index (χ1n) is 9.18. The van der Waals surface area contributed by atoms with Crippen molar-refractivity contribution < 1.29 is 14.3 Å². The monoisotopic (exact) mass is 380 g/mol. The molecule has 0 unspecified atom stereocenters. The van der Waals surface area contributed by atoms with Gasteiger partial charge in [-0.15, -0.1) is 0 Å². The molecule has 0 amide bonds. The molecule has 0 saturated carbocycles. The molecule has 0 radical (unpaired) electrons. The van der Waals surface area contributed by atoms with E-state index in [4.69, 9.17) is 9.47 Å². The Hall–Kier alpha value is -2.46. The molecule has 0 aliphatic rings. The molecule has 3 aromatic rings. The molecule has 3 rings (SSSR count). The van der Waals surface area contributed by atoms with Crippen molar-refractivity contribution in [1.29, 1.82) is 0 Å². The number of carbonyl (C=O) groups excluding carboxylic acids is 1. The van der Waals surface area contributed by atoms with Gasteiger partial charge in [-0.1, -0.05) is 36.0 Å². The van der Waals surface area contributed by atoms with E-state index in [1.54, 1.807) is 18.9 Å². The highest BCUT2D eigenvalue weighted by Crippen LogP contribution is 2.31. The van der Waals surface area contributed by atoms with Crippen LogP contribution in [0.4, 0.5) is 0 Å². The van der Waals surface area contributed by atoms with Crippen molar-refractivity contribution in [3.05, 3.63) is 66.2 Å². The van der Waals surface area contributed by atoms with Gasteiger partial charge in [0.15, 0.2) is 0 Å². The van der Waals surface area contributed by atoms with Crippen molar-refractivity contribution in [2.75, 3.05) is 13.7 Å². The highest BCUT2D eigenvalue weighted by Gasteiger charge is 2.04. The second-order valence-electron chi connectivity index (χ2n) is 6.28. The lowest BCUT2D eigenvalue weighted by Gasteiger charge is -2.07. The molecular weight excluding hydrogens is 356 g/mol. The van der Waals surface area contributed by atoms with Gasteiger partial charge in [-0.25, -0.2) is 0 Å². The molecule has 140 valence electrons. The molecule has 3 nitrogen and oxygen atoms in total. The van der Waals surface area contributed by atoms with Crippen molar-refractivity contribution >= 4 is 28.5 Å². The summed E-state index contributed by atoms with van der Waals surface area (Å²) in [6.45, 7) is 2.28. The standard InChI is InChI=1S/C23H24O3S/c1-3-26-23(24)6-4-5-17-7-8-18-9-12-22(16-19(18)15-17)27-21-13-10-20(25-2)11-14-21/h7-16H,3-6H2,1-2H3. The Morgan fingerprint density at radius 3 is 2.41 bits per heavy atom. The van der Waals surface area contributed by atoms with Crippen LogP contribution in [0, 0.1) is 0 Å². The maximum Gasteiger partial charge on any atom is 0.305 e. The second-order valence-corrected chi connectivity index (χ2v) is 7.43. The number of aryl methyl sites for hydroxylation is 1. The van der Waals surface area contributed by atoms with Gasteiger partial charge in [0.05, 0.1) is 13.7 Å². The van der Waals surface area contributed by atoms with E-state index in [-0.39, 0.29) is 5.97 Å². The van der Waals surface area contributed by atoms with Gasteiger partial charge in [0.2, 0.25) is 0 Å². The van der Waals surface area contributed by atoms with Gasteiger partial charge in [0, 0.05) is 16.2 Å². The predicted molar refractivity (Wildman–Crippen MR) is 111 cm³/mol. The number of benzene rings is 3. The van der Waals surface area contributed by atoms with E-state index >= 15 is 0 Å². The zero-order chi connectivity index (χ0) is 19.1. The first-order valence-corrected chi connectivity index (χ1v) is 10.00. The molecule has 0 aliphatic carbocycles. The lowest BCUT2D eigenvalue weighted by atomic mass is 10.0. The normalized spacial score (nSPS) is 10.7. The third-order valence-electron chi connectivity index (χ3n) is 4.32. The molecule has 0 N–H and O–H groups in total. The minimum Gasteiger partial charge on any atom is -0.497 e. The Kier molecular flexibility index (Phi) is 6.77. The van der Waals surface area contributed by atoms with Crippen molar-refractivity contribution in [2.24, 2.45) is 0 Å². The Morgan fingerprint density at radius 2 is 1.67 bits per heavy atom. The summed E-state index contributed by atoms with van der Waals surface area (Å²) in [5, 5.41) is 2.45. The number of carbonyl (C=O) groups is 1. The van der Waals surface area contributed by atoms with E-state index in [0.29, 0.717) is 13.0 Å². The van der Waals surface area contributed by atoms with Gasteiger partial charge < -0.3 is 9.47 Å². The van der Waals surface area contributed by atoms with Gasteiger partial charge in [0.1, 0.15) is 5.75 Å². The average molecular weight is 381 g/mol. The third-order valence-corrected chi connectivity index (χ3v) is 5.32. The summed E-state index contributed by atoms with van der Waals surface area (Å²) in [5.74, 6) is 0.752. The van der Waals surface area contributed by atoms with Crippen LogP contribution in [0.2, 0.25) is 0 Å². The van der Waals surface area contributed by atoms with Gasteiger partial charge in [0.25, 0.3) is 0 Å². The van der Waals surface area contributed by atoms with E-state index < -0.39 is 0 Å². The lowest BCUT2D eigenvalue weighted by molar-refractivity contribution is -0.143. The second kappa shape index (κ2) is 9.47. The first kappa shape index (κ1) is 19.3. The van der Waals surface area contributed by atoms with E-state index in [1.807, 2.05) is 19.1 Å². The van der Waals surface area contributed by atoms with Crippen LogP contribution < -0.4 is 4.74 Å². The average Bonchev–Trinajstić information content (AvgIpc) is 2.68. The van der Waals surface area contributed by atoms with Gasteiger partial charge >= 0.3 is 5.97 Å². The molecule has 0 heterocycles. The molecule has 0 fully saturated rings. The van der Waals surface area contributed by atoms with Crippen molar-refractivity contribution in [2.45, 2.75) is 36.0 Å². The van der Waals surface area contributed by atoms with Crippen LogP contribution in [0.3, 0.4) is 0 Å². The number of rotatable bonds is 8. The molecule has 0 spiro atoms. The topological polar surface area (TPSA) is 35.5 Å². The fourth-order valence-corrected chi connectivity index (χ4v) is 3.81. The third kappa shape index (κ3) is 5.51. The molecule has 0 aromatic heterocycles. The van der Waals surface area contributed by atoms with Crippen LogP contribution in [0.25, 0.3) is 10.8 Å². The Labute approximate surface area is 164 Å². The fourth-order valence-electron chi connectivity index (χ4n) is 2.94. The van der Waals surface area contributed by atoms with E-state index in [1.165, 1.54) is 26.1 Å². The van der Waals surface area contributed by atoms with Gasteiger partial charge in [-0.2, -0.15) is 0 Å². The maximum absolute atomic E-state index is 11.5. The molecule has 0 atom stereocenters. The number of esters is 1. The Morgan fingerprint density at radius 1 is 0.926 bits per heavy atom. The molecular formula is C23H24O3S. The van der Waals surface area contributed by atoms with Crippen molar-refractivity contribution in [1.82, 2.24) is 0 Å². The van der Waals surface area contributed by atoms with E-state index in [2.05, 4.69) is 48.5 Å². The molecule has 4 heteroatoms. The number of hydrogen-bond donors (Lipinski definition) is 0. The van der Waals surface area contributed by atoms with Crippen LogP contribution in [0.5, 0.6) is 5.75 Å². The predicted octanol–water partition coefficient (Wildman–Crippen LogP) is 5.89. The largest absolute Gasteiger partial charge is 0.497 e.